The van der Waals surface area contributed by atoms with E-state index < -0.39 is 0 Å². The first-order valence-corrected chi connectivity index (χ1v) is 16.9. The largest absolute Gasteiger partial charge is 0.454 e. The Kier molecular flexibility index (Phi) is 4.72. The van der Waals surface area contributed by atoms with Gasteiger partial charge in [-0.2, -0.15) is 0 Å². The third-order valence-electron chi connectivity index (χ3n) is 10.8. The zero-order valence-corrected chi connectivity index (χ0v) is 26.3. The number of hydrogen-bond donors (Lipinski definition) is 0. The second kappa shape index (κ2) is 9.06. The standard InChI is InChI=1S/C46H26N2O/c1-2-13-27(14-3-1)47-36-22-9-6-17-33(36)41-42-34-18-7-10-23-37(34)48(45(42)46-43(44(41)47)35-19-8-11-24-39(35)49-46)38-26-25-31-29-16-5-4-15-28(29)30-20-12-21-32(38)40(30)31/h1-26H. The monoisotopic (exact) mass is 622 g/mol. The molecule has 49 heavy (non-hydrogen) atoms. The van der Waals surface area contributed by atoms with E-state index in [0.717, 1.165) is 38.8 Å². The highest BCUT2D eigenvalue weighted by Gasteiger charge is 2.29. The van der Waals surface area contributed by atoms with Crippen LogP contribution in [-0.2, 0) is 0 Å². The van der Waals surface area contributed by atoms with Crippen LogP contribution in [-0.4, -0.2) is 9.13 Å². The Balaban J connectivity index is 1.37. The summed E-state index contributed by atoms with van der Waals surface area (Å²) in [5.41, 5.74) is 13.9. The van der Waals surface area contributed by atoms with Crippen molar-refractivity contribution in [1.29, 1.82) is 0 Å². The van der Waals surface area contributed by atoms with Crippen LogP contribution in [0.15, 0.2) is 162 Å². The summed E-state index contributed by atoms with van der Waals surface area (Å²) in [5.74, 6) is 0. The summed E-state index contributed by atoms with van der Waals surface area (Å²) < 4.78 is 12.0. The zero-order chi connectivity index (χ0) is 31.8. The van der Waals surface area contributed by atoms with Crippen molar-refractivity contribution >= 4 is 76.3 Å². The Morgan fingerprint density at radius 3 is 1.69 bits per heavy atom. The molecular weight excluding hydrogens is 597 g/mol. The predicted octanol–water partition coefficient (Wildman–Crippen LogP) is 12.6. The van der Waals surface area contributed by atoms with Crippen LogP contribution in [0.1, 0.15) is 0 Å². The molecule has 0 atom stereocenters. The maximum atomic E-state index is 7.04. The van der Waals surface area contributed by atoms with Crippen LogP contribution in [0.25, 0.3) is 110 Å². The molecule has 0 spiro atoms. The van der Waals surface area contributed by atoms with E-state index in [2.05, 4.69) is 167 Å². The van der Waals surface area contributed by atoms with Gasteiger partial charge in [-0.3, -0.25) is 0 Å². The first-order chi connectivity index (χ1) is 24.4. The molecule has 0 saturated carbocycles. The predicted molar refractivity (Wildman–Crippen MR) is 204 cm³/mol. The highest BCUT2D eigenvalue weighted by Crippen LogP contribution is 2.52. The first kappa shape index (κ1) is 25.5. The minimum absolute atomic E-state index is 0.892. The second-order valence-corrected chi connectivity index (χ2v) is 13.2. The van der Waals surface area contributed by atoms with Crippen LogP contribution in [0.4, 0.5) is 0 Å². The number of para-hydroxylation sites is 4. The minimum Gasteiger partial charge on any atom is -0.454 e. The highest BCUT2D eigenvalue weighted by atomic mass is 16.3. The normalized spacial score (nSPS) is 12.5. The molecule has 8 aromatic carbocycles. The van der Waals surface area contributed by atoms with Crippen LogP contribution < -0.4 is 0 Å². The minimum atomic E-state index is 0.892. The fourth-order valence-electron chi connectivity index (χ4n) is 8.97. The molecule has 3 heteroatoms. The number of benzene rings is 8. The lowest BCUT2D eigenvalue weighted by Gasteiger charge is -2.14. The zero-order valence-electron chi connectivity index (χ0n) is 26.3. The first-order valence-electron chi connectivity index (χ1n) is 16.9. The molecule has 1 aliphatic rings. The molecular formula is C46H26N2O. The highest BCUT2D eigenvalue weighted by molar-refractivity contribution is 6.39. The number of rotatable bonds is 2. The van der Waals surface area contributed by atoms with Crippen molar-refractivity contribution < 1.29 is 4.42 Å². The molecule has 11 aromatic rings. The summed E-state index contributed by atoms with van der Waals surface area (Å²) in [6, 6.07) is 57.2. The van der Waals surface area contributed by atoms with Crippen molar-refractivity contribution in [2.45, 2.75) is 0 Å². The van der Waals surface area contributed by atoms with Crippen molar-refractivity contribution in [1.82, 2.24) is 9.13 Å². The quantitative estimate of drug-likeness (QED) is 0.188. The molecule has 0 aliphatic heterocycles. The summed E-state index contributed by atoms with van der Waals surface area (Å²) in [6.45, 7) is 0. The van der Waals surface area contributed by atoms with Crippen molar-refractivity contribution in [3.05, 3.63) is 158 Å². The maximum Gasteiger partial charge on any atom is 0.162 e. The molecule has 3 heterocycles. The van der Waals surface area contributed by atoms with Crippen molar-refractivity contribution in [2.24, 2.45) is 0 Å². The van der Waals surface area contributed by atoms with E-state index in [1.54, 1.807) is 0 Å². The number of fused-ring (bicyclic) bond motifs is 15. The molecule has 226 valence electrons. The van der Waals surface area contributed by atoms with E-state index in [9.17, 15) is 0 Å². The average Bonchev–Trinajstić information content (AvgIpc) is 3.90. The van der Waals surface area contributed by atoms with Gasteiger partial charge in [0.25, 0.3) is 0 Å². The van der Waals surface area contributed by atoms with Crippen LogP contribution in [0, 0.1) is 0 Å². The van der Waals surface area contributed by atoms with E-state index in [0.29, 0.717) is 0 Å². The van der Waals surface area contributed by atoms with Gasteiger partial charge < -0.3 is 13.6 Å². The van der Waals surface area contributed by atoms with Gasteiger partial charge in [0.2, 0.25) is 0 Å². The molecule has 0 bridgehead atoms. The molecule has 0 radical (unpaired) electrons. The van der Waals surface area contributed by atoms with Gasteiger partial charge in [0.05, 0.1) is 33.1 Å². The Bertz CT molecular complexity index is 3180. The fraction of sp³-hybridized carbons (Fsp3) is 0. The summed E-state index contributed by atoms with van der Waals surface area (Å²) >= 11 is 0. The van der Waals surface area contributed by atoms with E-state index in [1.165, 1.54) is 71.1 Å². The summed E-state index contributed by atoms with van der Waals surface area (Å²) in [4.78, 5) is 0. The van der Waals surface area contributed by atoms with Gasteiger partial charge in [0, 0.05) is 38.0 Å². The summed E-state index contributed by atoms with van der Waals surface area (Å²) in [6.07, 6.45) is 0. The lowest BCUT2D eigenvalue weighted by Crippen LogP contribution is -1.97. The molecule has 0 unspecified atom stereocenters. The van der Waals surface area contributed by atoms with Crippen molar-refractivity contribution in [3.63, 3.8) is 0 Å². The fourth-order valence-corrected chi connectivity index (χ4v) is 8.97. The Labute approximate surface area is 280 Å². The molecule has 3 aromatic heterocycles. The van der Waals surface area contributed by atoms with Crippen LogP contribution in [0.3, 0.4) is 0 Å². The van der Waals surface area contributed by atoms with Gasteiger partial charge >= 0.3 is 0 Å². The lowest BCUT2D eigenvalue weighted by atomic mass is 10.0. The smallest absolute Gasteiger partial charge is 0.162 e. The van der Waals surface area contributed by atoms with Gasteiger partial charge in [-0.25, -0.2) is 0 Å². The van der Waals surface area contributed by atoms with E-state index in [1.807, 2.05) is 0 Å². The lowest BCUT2D eigenvalue weighted by molar-refractivity contribution is 0.671. The van der Waals surface area contributed by atoms with Crippen LogP contribution in [0.5, 0.6) is 0 Å². The molecule has 0 N–H and O–H groups in total. The molecule has 3 nitrogen and oxygen atoms in total. The third-order valence-corrected chi connectivity index (χ3v) is 10.8. The number of hydrogen-bond acceptors (Lipinski definition) is 1. The SMILES string of the molecule is c1ccc(-n2c3ccccc3c3c4c5ccccc5n(-c5ccc6c7c(cccc57)-c5ccccc5-6)c4c4oc5ccccc5c4c32)cc1. The van der Waals surface area contributed by atoms with Crippen molar-refractivity contribution in [2.75, 3.05) is 0 Å². The van der Waals surface area contributed by atoms with E-state index >= 15 is 0 Å². The van der Waals surface area contributed by atoms with Crippen molar-refractivity contribution in [3.8, 4) is 33.6 Å². The molecule has 12 rings (SSSR count). The van der Waals surface area contributed by atoms with Gasteiger partial charge in [-0.1, -0.05) is 121 Å². The molecule has 0 saturated heterocycles. The Morgan fingerprint density at radius 2 is 0.918 bits per heavy atom. The second-order valence-electron chi connectivity index (χ2n) is 13.2. The van der Waals surface area contributed by atoms with Crippen LogP contribution in [0.2, 0.25) is 0 Å². The summed E-state index contributed by atoms with van der Waals surface area (Å²) in [5, 5.41) is 9.73. The number of furan rings is 1. The van der Waals surface area contributed by atoms with E-state index in [4.69, 9.17) is 4.42 Å². The molecule has 0 amide bonds. The van der Waals surface area contributed by atoms with Gasteiger partial charge in [-0.05, 0) is 64.0 Å². The topological polar surface area (TPSA) is 23.0 Å². The Hall–Kier alpha value is -6.58. The van der Waals surface area contributed by atoms with E-state index in [-0.39, 0.29) is 0 Å². The summed E-state index contributed by atoms with van der Waals surface area (Å²) in [7, 11) is 0. The number of nitrogens with zero attached hydrogens (tertiary/aromatic N) is 2. The maximum absolute atomic E-state index is 7.04. The van der Waals surface area contributed by atoms with Gasteiger partial charge in [0.1, 0.15) is 5.58 Å². The van der Waals surface area contributed by atoms with Crippen LogP contribution >= 0.6 is 0 Å². The average molecular weight is 623 g/mol. The number of aromatic nitrogens is 2. The Morgan fingerprint density at radius 1 is 0.347 bits per heavy atom. The molecule has 0 fully saturated rings. The molecule has 1 aliphatic carbocycles. The van der Waals surface area contributed by atoms with Gasteiger partial charge in [-0.15, -0.1) is 0 Å². The third kappa shape index (κ3) is 3.09. The van der Waals surface area contributed by atoms with Gasteiger partial charge in [0.15, 0.2) is 5.58 Å².